The van der Waals surface area contributed by atoms with E-state index in [9.17, 15) is 8.78 Å². The van der Waals surface area contributed by atoms with Crippen LogP contribution in [0.2, 0.25) is 0 Å². The molecule has 0 aliphatic heterocycles. The van der Waals surface area contributed by atoms with Crippen LogP contribution in [-0.2, 0) is 6.42 Å². The molecule has 0 saturated carbocycles. The van der Waals surface area contributed by atoms with Crippen LogP contribution < -0.4 is 5.73 Å². The van der Waals surface area contributed by atoms with Crippen molar-refractivity contribution in [3.05, 3.63) is 35.4 Å². The zero-order valence-corrected chi connectivity index (χ0v) is 9.13. The summed E-state index contributed by atoms with van der Waals surface area (Å²) in [7, 11) is 0. The van der Waals surface area contributed by atoms with Crippen LogP contribution in [0.1, 0.15) is 25.8 Å². The Morgan fingerprint density at radius 2 is 1.80 bits per heavy atom. The SMILES string of the molecule is CCC(N)C(C)Cc1c(F)cccc1F. The molecule has 0 fully saturated rings. The van der Waals surface area contributed by atoms with E-state index in [2.05, 4.69) is 0 Å². The number of nitrogens with two attached hydrogens (primary N) is 1. The highest BCUT2D eigenvalue weighted by molar-refractivity contribution is 5.20. The Kier molecular flexibility index (Phi) is 4.21. The topological polar surface area (TPSA) is 26.0 Å². The minimum atomic E-state index is -0.481. The molecule has 0 saturated heterocycles. The van der Waals surface area contributed by atoms with Crippen molar-refractivity contribution >= 4 is 0 Å². The first kappa shape index (κ1) is 12.1. The molecule has 1 aromatic carbocycles. The molecule has 2 atom stereocenters. The average molecular weight is 213 g/mol. The number of rotatable bonds is 4. The highest BCUT2D eigenvalue weighted by Crippen LogP contribution is 2.18. The van der Waals surface area contributed by atoms with Crippen LogP contribution in [0.25, 0.3) is 0 Å². The normalized spacial score (nSPS) is 15.0. The first-order valence-corrected chi connectivity index (χ1v) is 5.24. The van der Waals surface area contributed by atoms with Gasteiger partial charge in [-0.1, -0.05) is 19.9 Å². The van der Waals surface area contributed by atoms with E-state index >= 15 is 0 Å². The fourth-order valence-electron chi connectivity index (χ4n) is 1.60. The summed E-state index contributed by atoms with van der Waals surface area (Å²) in [6, 6.07) is 3.92. The van der Waals surface area contributed by atoms with Gasteiger partial charge in [0.25, 0.3) is 0 Å². The molecule has 0 aliphatic rings. The second-order valence-corrected chi connectivity index (χ2v) is 3.95. The zero-order valence-electron chi connectivity index (χ0n) is 9.13. The molecule has 2 unspecified atom stereocenters. The lowest BCUT2D eigenvalue weighted by Crippen LogP contribution is -2.29. The van der Waals surface area contributed by atoms with Gasteiger partial charge in [-0.15, -0.1) is 0 Å². The van der Waals surface area contributed by atoms with Gasteiger partial charge in [-0.05, 0) is 30.9 Å². The highest BCUT2D eigenvalue weighted by Gasteiger charge is 2.16. The summed E-state index contributed by atoms with van der Waals surface area (Å²) in [5.41, 5.74) is 5.97. The minimum Gasteiger partial charge on any atom is -0.327 e. The third kappa shape index (κ3) is 2.99. The predicted molar refractivity (Wildman–Crippen MR) is 57.5 cm³/mol. The van der Waals surface area contributed by atoms with Crippen molar-refractivity contribution in [2.45, 2.75) is 32.7 Å². The third-order valence-electron chi connectivity index (χ3n) is 2.79. The molecule has 0 bridgehead atoms. The summed E-state index contributed by atoms with van der Waals surface area (Å²) in [4.78, 5) is 0. The number of benzene rings is 1. The average Bonchev–Trinajstić information content (AvgIpc) is 2.22. The maximum Gasteiger partial charge on any atom is 0.129 e. The summed E-state index contributed by atoms with van der Waals surface area (Å²) in [5.74, 6) is -0.878. The van der Waals surface area contributed by atoms with Crippen LogP contribution in [0, 0.1) is 17.6 Å². The first-order valence-electron chi connectivity index (χ1n) is 5.24. The molecule has 1 rings (SSSR count). The Bertz CT molecular complexity index is 305. The van der Waals surface area contributed by atoms with Crippen LogP contribution in [0.4, 0.5) is 8.78 Å². The van der Waals surface area contributed by atoms with Gasteiger partial charge >= 0.3 is 0 Å². The van der Waals surface area contributed by atoms with Gasteiger partial charge in [0.05, 0.1) is 0 Å². The van der Waals surface area contributed by atoms with Gasteiger partial charge in [0.15, 0.2) is 0 Å². The molecular weight excluding hydrogens is 196 g/mol. The summed E-state index contributed by atoms with van der Waals surface area (Å²) in [6.45, 7) is 3.89. The van der Waals surface area contributed by atoms with Crippen molar-refractivity contribution in [3.63, 3.8) is 0 Å². The van der Waals surface area contributed by atoms with E-state index in [0.717, 1.165) is 6.42 Å². The van der Waals surface area contributed by atoms with E-state index in [-0.39, 0.29) is 17.5 Å². The quantitative estimate of drug-likeness (QED) is 0.817. The maximum atomic E-state index is 13.3. The number of hydrogen-bond donors (Lipinski definition) is 1. The highest BCUT2D eigenvalue weighted by atomic mass is 19.1. The second-order valence-electron chi connectivity index (χ2n) is 3.95. The van der Waals surface area contributed by atoms with Crippen molar-refractivity contribution in [1.29, 1.82) is 0 Å². The van der Waals surface area contributed by atoms with Gasteiger partial charge in [-0.25, -0.2) is 8.78 Å². The van der Waals surface area contributed by atoms with Crippen LogP contribution in [0.15, 0.2) is 18.2 Å². The fourth-order valence-corrected chi connectivity index (χ4v) is 1.60. The fraction of sp³-hybridized carbons (Fsp3) is 0.500. The molecule has 84 valence electrons. The minimum absolute atomic E-state index is 0.0102. The molecule has 1 aromatic rings. The van der Waals surface area contributed by atoms with E-state index in [4.69, 9.17) is 5.73 Å². The van der Waals surface area contributed by atoms with Crippen molar-refractivity contribution in [3.8, 4) is 0 Å². The number of hydrogen-bond acceptors (Lipinski definition) is 1. The van der Waals surface area contributed by atoms with Crippen LogP contribution >= 0.6 is 0 Å². The van der Waals surface area contributed by atoms with Gasteiger partial charge in [0.1, 0.15) is 11.6 Å². The molecule has 0 amide bonds. The molecule has 0 spiro atoms. The standard InChI is InChI=1S/C12H17F2N/c1-3-12(15)8(2)7-9-10(13)5-4-6-11(9)14/h4-6,8,12H,3,7,15H2,1-2H3. The lowest BCUT2D eigenvalue weighted by molar-refractivity contribution is 0.424. The van der Waals surface area contributed by atoms with Crippen LogP contribution in [0.5, 0.6) is 0 Å². The van der Waals surface area contributed by atoms with Crippen molar-refractivity contribution in [2.24, 2.45) is 11.7 Å². The van der Waals surface area contributed by atoms with Gasteiger partial charge < -0.3 is 5.73 Å². The Hall–Kier alpha value is -0.960. The van der Waals surface area contributed by atoms with Crippen molar-refractivity contribution < 1.29 is 8.78 Å². The Balaban J connectivity index is 2.80. The Morgan fingerprint density at radius 3 is 2.27 bits per heavy atom. The van der Waals surface area contributed by atoms with E-state index < -0.39 is 11.6 Å². The van der Waals surface area contributed by atoms with Crippen LogP contribution in [0.3, 0.4) is 0 Å². The smallest absolute Gasteiger partial charge is 0.129 e. The summed E-state index contributed by atoms with van der Waals surface area (Å²) >= 11 is 0. The summed E-state index contributed by atoms with van der Waals surface area (Å²) < 4.78 is 26.6. The van der Waals surface area contributed by atoms with E-state index in [1.807, 2.05) is 13.8 Å². The molecular formula is C12H17F2N. The first-order chi connectivity index (χ1) is 7.06. The molecule has 3 heteroatoms. The van der Waals surface area contributed by atoms with Gasteiger partial charge in [0.2, 0.25) is 0 Å². The largest absolute Gasteiger partial charge is 0.327 e. The molecule has 2 N–H and O–H groups in total. The molecule has 0 aromatic heterocycles. The summed E-state index contributed by atoms with van der Waals surface area (Å²) in [5, 5.41) is 0. The maximum absolute atomic E-state index is 13.3. The molecule has 1 nitrogen and oxygen atoms in total. The van der Waals surface area contributed by atoms with Gasteiger partial charge in [0, 0.05) is 11.6 Å². The predicted octanol–water partition coefficient (Wildman–Crippen LogP) is 2.88. The van der Waals surface area contributed by atoms with E-state index in [0.29, 0.717) is 6.42 Å². The Morgan fingerprint density at radius 1 is 1.27 bits per heavy atom. The second kappa shape index (κ2) is 5.21. The lowest BCUT2D eigenvalue weighted by atomic mass is 9.92. The molecule has 0 radical (unpaired) electrons. The molecule has 0 aliphatic carbocycles. The van der Waals surface area contributed by atoms with Gasteiger partial charge in [-0.3, -0.25) is 0 Å². The zero-order chi connectivity index (χ0) is 11.4. The van der Waals surface area contributed by atoms with E-state index in [1.54, 1.807) is 0 Å². The monoisotopic (exact) mass is 213 g/mol. The molecule has 0 heterocycles. The Labute approximate surface area is 89.3 Å². The number of halogens is 2. The molecule has 15 heavy (non-hydrogen) atoms. The van der Waals surface area contributed by atoms with E-state index in [1.165, 1.54) is 18.2 Å². The van der Waals surface area contributed by atoms with Crippen molar-refractivity contribution in [1.82, 2.24) is 0 Å². The lowest BCUT2D eigenvalue weighted by Gasteiger charge is -2.18. The van der Waals surface area contributed by atoms with Gasteiger partial charge in [-0.2, -0.15) is 0 Å². The van der Waals surface area contributed by atoms with Crippen molar-refractivity contribution in [2.75, 3.05) is 0 Å². The third-order valence-corrected chi connectivity index (χ3v) is 2.79. The summed E-state index contributed by atoms with van der Waals surface area (Å²) in [6.07, 6.45) is 1.17. The van der Waals surface area contributed by atoms with Crippen LogP contribution in [-0.4, -0.2) is 6.04 Å².